The van der Waals surface area contributed by atoms with Crippen molar-refractivity contribution in [2.75, 3.05) is 11.5 Å². The summed E-state index contributed by atoms with van der Waals surface area (Å²) in [6.45, 7) is 8.50. The summed E-state index contributed by atoms with van der Waals surface area (Å²) in [5, 5.41) is 2.25. The zero-order valence-corrected chi connectivity index (χ0v) is 17.0. The highest BCUT2D eigenvalue weighted by molar-refractivity contribution is 6.39. The number of anilines is 1. The predicted octanol–water partition coefficient (Wildman–Crippen LogP) is 4.00. The minimum atomic E-state index is -0.750. The maximum Gasteiger partial charge on any atom is 0.335 e. The molecule has 0 radical (unpaired) electrons. The molecule has 0 unspecified atom stereocenters. The average molecular weight is 392 g/mol. The van der Waals surface area contributed by atoms with Crippen LogP contribution >= 0.6 is 0 Å². The fourth-order valence-corrected chi connectivity index (χ4v) is 3.06. The van der Waals surface area contributed by atoms with Crippen molar-refractivity contribution >= 4 is 29.6 Å². The minimum Gasteiger partial charge on any atom is -0.493 e. The van der Waals surface area contributed by atoms with Crippen LogP contribution in [0.15, 0.2) is 48.0 Å². The van der Waals surface area contributed by atoms with Crippen LogP contribution in [0.25, 0.3) is 6.08 Å². The number of urea groups is 1. The van der Waals surface area contributed by atoms with Crippen molar-refractivity contribution in [3.63, 3.8) is 0 Å². The lowest BCUT2D eigenvalue weighted by Gasteiger charge is -2.27. The fraction of sp³-hybridized carbons (Fsp3) is 0.261. The lowest BCUT2D eigenvalue weighted by atomic mass is 10.1. The standard InChI is InChI=1S/C23H24N2O4/c1-14(2)13-29-19-7-5-17(6-8-19)12-20-21(26)24-23(28)25(22(20)27)18-10-15(3)9-16(4)11-18/h5-12,14H,13H2,1-4H3,(H,24,26,28). The first-order chi connectivity index (χ1) is 13.7. The second-order valence-electron chi connectivity index (χ2n) is 7.58. The maximum absolute atomic E-state index is 13.0. The van der Waals surface area contributed by atoms with E-state index in [4.69, 9.17) is 4.74 Å². The van der Waals surface area contributed by atoms with Gasteiger partial charge in [-0.15, -0.1) is 0 Å². The number of amides is 4. The number of nitrogens with zero attached hydrogens (tertiary/aromatic N) is 1. The molecule has 0 bridgehead atoms. The summed E-state index contributed by atoms with van der Waals surface area (Å²) in [6, 6.07) is 11.8. The first-order valence-electron chi connectivity index (χ1n) is 9.47. The maximum atomic E-state index is 13.0. The minimum absolute atomic E-state index is 0.0976. The quantitative estimate of drug-likeness (QED) is 0.616. The molecular weight excluding hydrogens is 368 g/mol. The largest absolute Gasteiger partial charge is 0.493 e. The third-order valence-corrected chi connectivity index (χ3v) is 4.34. The molecule has 0 aliphatic carbocycles. The van der Waals surface area contributed by atoms with Crippen LogP contribution in [0.2, 0.25) is 0 Å². The van der Waals surface area contributed by atoms with E-state index in [9.17, 15) is 14.4 Å². The molecule has 2 aromatic rings. The molecule has 1 N–H and O–H groups in total. The molecule has 4 amide bonds. The van der Waals surface area contributed by atoms with Crippen molar-refractivity contribution in [1.29, 1.82) is 0 Å². The van der Waals surface area contributed by atoms with Gasteiger partial charge in [-0.3, -0.25) is 14.9 Å². The molecule has 0 atom stereocenters. The van der Waals surface area contributed by atoms with Crippen LogP contribution in [0.3, 0.4) is 0 Å². The molecule has 0 aromatic heterocycles. The van der Waals surface area contributed by atoms with E-state index >= 15 is 0 Å². The van der Waals surface area contributed by atoms with Crippen LogP contribution in [0.5, 0.6) is 5.75 Å². The molecule has 6 nitrogen and oxygen atoms in total. The number of imide groups is 2. The Balaban J connectivity index is 1.89. The van der Waals surface area contributed by atoms with Gasteiger partial charge in [0.2, 0.25) is 0 Å². The van der Waals surface area contributed by atoms with E-state index in [-0.39, 0.29) is 5.57 Å². The molecule has 6 heteroatoms. The van der Waals surface area contributed by atoms with Crippen LogP contribution in [-0.2, 0) is 9.59 Å². The van der Waals surface area contributed by atoms with E-state index < -0.39 is 17.8 Å². The first-order valence-corrected chi connectivity index (χ1v) is 9.47. The monoisotopic (exact) mass is 392 g/mol. The predicted molar refractivity (Wildman–Crippen MR) is 112 cm³/mol. The van der Waals surface area contributed by atoms with Crippen LogP contribution in [-0.4, -0.2) is 24.5 Å². The molecule has 0 spiro atoms. The van der Waals surface area contributed by atoms with Gasteiger partial charge in [-0.1, -0.05) is 32.0 Å². The molecule has 150 valence electrons. The molecule has 1 aliphatic rings. The van der Waals surface area contributed by atoms with Gasteiger partial charge in [0.1, 0.15) is 11.3 Å². The van der Waals surface area contributed by atoms with Crippen molar-refractivity contribution in [3.8, 4) is 5.75 Å². The van der Waals surface area contributed by atoms with Gasteiger partial charge >= 0.3 is 6.03 Å². The molecule has 29 heavy (non-hydrogen) atoms. The number of nitrogens with one attached hydrogen (secondary N) is 1. The van der Waals surface area contributed by atoms with Crippen molar-refractivity contribution in [2.24, 2.45) is 5.92 Å². The Morgan fingerprint density at radius 3 is 2.21 bits per heavy atom. The Hall–Kier alpha value is -3.41. The third-order valence-electron chi connectivity index (χ3n) is 4.34. The summed E-state index contributed by atoms with van der Waals surface area (Å²) < 4.78 is 5.65. The van der Waals surface area contributed by atoms with Crippen LogP contribution in [0, 0.1) is 19.8 Å². The van der Waals surface area contributed by atoms with E-state index in [0.29, 0.717) is 29.5 Å². The Labute approximate surface area is 170 Å². The number of benzene rings is 2. The number of rotatable bonds is 5. The van der Waals surface area contributed by atoms with Gasteiger partial charge in [0.05, 0.1) is 12.3 Å². The van der Waals surface area contributed by atoms with Gasteiger partial charge in [0.25, 0.3) is 11.8 Å². The van der Waals surface area contributed by atoms with E-state index in [0.717, 1.165) is 16.0 Å². The van der Waals surface area contributed by atoms with Crippen LogP contribution in [0.4, 0.5) is 10.5 Å². The second-order valence-corrected chi connectivity index (χ2v) is 7.58. The Kier molecular flexibility index (Phi) is 5.82. The van der Waals surface area contributed by atoms with E-state index in [1.54, 1.807) is 36.4 Å². The number of ether oxygens (including phenoxy) is 1. The zero-order valence-electron chi connectivity index (χ0n) is 17.0. The summed E-state index contributed by atoms with van der Waals surface area (Å²) in [5.74, 6) is -0.230. The molecular formula is C23H24N2O4. The van der Waals surface area contributed by atoms with Crippen LogP contribution < -0.4 is 15.0 Å². The van der Waals surface area contributed by atoms with E-state index in [1.165, 1.54) is 6.08 Å². The number of hydrogen-bond donors (Lipinski definition) is 1. The van der Waals surface area contributed by atoms with Crippen molar-refractivity contribution in [2.45, 2.75) is 27.7 Å². The fourth-order valence-electron chi connectivity index (χ4n) is 3.06. The smallest absolute Gasteiger partial charge is 0.335 e. The molecule has 0 saturated carbocycles. The van der Waals surface area contributed by atoms with Gasteiger partial charge in [-0.2, -0.15) is 0 Å². The summed E-state index contributed by atoms with van der Waals surface area (Å²) in [5.41, 5.74) is 2.83. The number of carbonyl (C=O) groups is 3. The lowest BCUT2D eigenvalue weighted by Crippen LogP contribution is -2.54. The van der Waals surface area contributed by atoms with E-state index in [1.807, 2.05) is 19.9 Å². The number of aryl methyl sites for hydroxylation is 2. The first kappa shape index (κ1) is 20.3. The number of barbiturate groups is 1. The number of hydrogen-bond acceptors (Lipinski definition) is 4. The highest BCUT2D eigenvalue weighted by atomic mass is 16.5. The summed E-state index contributed by atoms with van der Waals surface area (Å²) in [7, 11) is 0. The highest BCUT2D eigenvalue weighted by Crippen LogP contribution is 2.24. The highest BCUT2D eigenvalue weighted by Gasteiger charge is 2.36. The topological polar surface area (TPSA) is 75.7 Å². The molecule has 3 rings (SSSR count). The number of carbonyl (C=O) groups excluding carboxylic acids is 3. The molecule has 1 heterocycles. The Morgan fingerprint density at radius 2 is 1.62 bits per heavy atom. The summed E-state index contributed by atoms with van der Waals surface area (Å²) >= 11 is 0. The Bertz CT molecular complexity index is 970. The van der Waals surface area contributed by atoms with Gasteiger partial charge in [-0.05, 0) is 66.8 Å². The normalized spacial score (nSPS) is 15.8. The molecule has 1 fully saturated rings. The summed E-state index contributed by atoms with van der Waals surface area (Å²) in [4.78, 5) is 38.6. The molecule has 1 aliphatic heterocycles. The third kappa shape index (κ3) is 4.71. The van der Waals surface area contributed by atoms with Gasteiger partial charge in [-0.25, -0.2) is 9.69 Å². The zero-order chi connectivity index (χ0) is 21.1. The van der Waals surface area contributed by atoms with Crippen molar-refractivity contribution in [1.82, 2.24) is 5.32 Å². The Morgan fingerprint density at radius 1 is 1.00 bits per heavy atom. The summed E-state index contributed by atoms with van der Waals surface area (Å²) in [6.07, 6.45) is 1.48. The van der Waals surface area contributed by atoms with Crippen molar-refractivity contribution in [3.05, 3.63) is 64.7 Å². The van der Waals surface area contributed by atoms with Gasteiger partial charge < -0.3 is 4.74 Å². The van der Waals surface area contributed by atoms with E-state index in [2.05, 4.69) is 19.2 Å². The SMILES string of the molecule is Cc1cc(C)cc(N2C(=O)NC(=O)C(=Cc3ccc(OCC(C)C)cc3)C2=O)c1. The van der Waals surface area contributed by atoms with Gasteiger partial charge in [0.15, 0.2) is 0 Å². The average Bonchev–Trinajstić information content (AvgIpc) is 2.63. The lowest BCUT2D eigenvalue weighted by molar-refractivity contribution is -0.122. The molecule has 1 saturated heterocycles. The van der Waals surface area contributed by atoms with Crippen LogP contribution in [0.1, 0.15) is 30.5 Å². The second kappa shape index (κ2) is 8.31. The van der Waals surface area contributed by atoms with Crippen molar-refractivity contribution < 1.29 is 19.1 Å². The van der Waals surface area contributed by atoms with Gasteiger partial charge in [0, 0.05) is 0 Å². The molecule has 2 aromatic carbocycles.